The fraction of sp³-hybridized carbons (Fsp3) is 0.636. The summed E-state index contributed by atoms with van der Waals surface area (Å²) in [5, 5.41) is 2.72. The number of carbonyl (C=O) groups excluding carboxylic acids is 1. The van der Waals surface area contributed by atoms with Crippen LogP contribution in [0.4, 0.5) is 4.79 Å². The van der Waals surface area contributed by atoms with Crippen molar-refractivity contribution in [1.29, 1.82) is 0 Å². The third kappa shape index (κ3) is 3.56. The Morgan fingerprint density at radius 2 is 2.00 bits per heavy atom. The Labute approximate surface area is 95.2 Å². The number of amides is 1. The highest BCUT2D eigenvalue weighted by Crippen LogP contribution is 2.19. The molecule has 1 heterocycles. The molecule has 0 aromatic carbocycles. The van der Waals surface area contributed by atoms with Crippen LogP contribution >= 0.6 is 0 Å². The molecule has 0 bridgehead atoms. The third-order valence-electron chi connectivity index (χ3n) is 1.86. The van der Waals surface area contributed by atoms with Crippen molar-refractivity contribution in [2.24, 2.45) is 0 Å². The van der Waals surface area contributed by atoms with Crippen molar-refractivity contribution in [3.63, 3.8) is 0 Å². The van der Waals surface area contributed by atoms with E-state index in [2.05, 4.69) is 10.3 Å². The van der Waals surface area contributed by atoms with Gasteiger partial charge in [0.1, 0.15) is 11.4 Å². The molecule has 0 spiro atoms. The van der Waals surface area contributed by atoms with Crippen molar-refractivity contribution in [1.82, 2.24) is 10.3 Å². The highest BCUT2D eigenvalue weighted by Gasteiger charge is 2.28. The minimum Gasteiger partial charge on any atom is -0.446 e. The Bertz CT molecular complexity index is 350. The molecule has 0 unspecified atom stereocenters. The molecule has 90 valence electrons. The van der Waals surface area contributed by atoms with E-state index < -0.39 is 17.2 Å². The number of oxazole rings is 1. The molecule has 16 heavy (non-hydrogen) atoms. The number of nitrogens with zero attached hydrogens (tertiary/aromatic N) is 1. The van der Waals surface area contributed by atoms with Gasteiger partial charge in [0.15, 0.2) is 6.39 Å². The van der Waals surface area contributed by atoms with Gasteiger partial charge in [-0.25, -0.2) is 9.78 Å². The first-order valence-electron chi connectivity index (χ1n) is 5.11. The van der Waals surface area contributed by atoms with E-state index in [9.17, 15) is 4.79 Å². The van der Waals surface area contributed by atoms with E-state index >= 15 is 0 Å². The van der Waals surface area contributed by atoms with Gasteiger partial charge in [-0.2, -0.15) is 0 Å². The molecular formula is C11H18N2O3. The number of rotatable bonds is 2. The Morgan fingerprint density at radius 3 is 2.44 bits per heavy atom. The predicted octanol–water partition coefficient (Wildman–Crippen LogP) is 2.43. The fourth-order valence-corrected chi connectivity index (χ4v) is 1.14. The summed E-state index contributed by atoms with van der Waals surface area (Å²) in [5.41, 5.74) is -1.15. The van der Waals surface area contributed by atoms with Gasteiger partial charge in [0, 0.05) is 0 Å². The van der Waals surface area contributed by atoms with Gasteiger partial charge in [-0.3, -0.25) is 0 Å². The number of alkyl carbamates (subject to hydrolysis) is 1. The van der Waals surface area contributed by atoms with Crippen molar-refractivity contribution in [2.75, 3.05) is 0 Å². The Kier molecular flexibility index (Phi) is 3.26. The van der Waals surface area contributed by atoms with Crippen LogP contribution < -0.4 is 5.32 Å². The second-order valence-corrected chi connectivity index (χ2v) is 5.12. The van der Waals surface area contributed by atoms with Gasteiger partial charge in [0.2, 0.25) is 0 Å². The summed E-state index contributed by atoms with van der Waals surface area (Å²) >= 11 is 0. The molecule has 1 aromatic heterocycles. The lowest BCUT2D eigenvalue weighted by atomic mass is 10.0. The standard InChI is InChI=1S/C11H18N2O3/c1-10(2,3)16-9(14)13-11(4,5)8-6-12-7-15-8/h6-7H,1-5H3,(H,13,14). The van der Waals surface area contributed by atoms with E-state index in [1.165, 1.54) is 6.39 Å². The van der Waals surface area contributed by atoms with Crippen LogP contribution in [-0.4, -0.2) is 16.7 Å². The average molecular weight is 226 g/mol. The van der Waals surface area contributed by atoms with Crippen LogP contribution in [0, 0.1) is 0 Å². The lowest BCUT2D eigenvalue weighted by Gasteiger charge is -2.26. The molecule has 1 amide bonds. The minimum absolute atomic E-state index is 0.478. The second-order valence-electron chi connectivity index (χ2n) is 5.12. The first-order chi connectivity index (χ1) is 7.21. The largest absolute Gasteiger partial charge is 0.446 e. The van der Waals surface area contributed by atoms with E-state index in [4.69, 9.17) is 9.15 Å². The quantitative estimate of drug-likeness (QED) is 0.841. The van der Waals surface area contributed by atoms with Crippen LogP contribution in [0.1, 0.15) is 40.4 Å². The minimum atomic E-state index is -0.640. The number of ether oxygens (including phenoxy) is 1. The molecule has 0 fully saturated rings. The monoisotopic (exact) mass is 226 g/mol. The van der Waals surface area contributed by atoms with Crippen LogP contribution in [0.15, 0.2) is 17.0 Å². The molecular weight excluding hydrogens is 208 g/mol. The molecule has 0 radical (unpaired) electrons. The molecule has 5 nitrogen and oxygen atoms in total. The van der Waals surface area contributed by atoms with Crippen LogP contribution in [-0.2, 0) is 10.3 Å². The Balaban J connectivity index is 2.64. The molecule has 5 heteroatoms. The van der Waals surface area contributed by atoms with E-state index in [1.807, 2.05) is 34.6 Å². The third-order valence-corrected chi connectivity index (χ3v) is 1.86. The van der Waals surface area contributed by atoms with Gasteiger partial charge in [-0.1, -0.05) is 0 Å². The molecule has 0 aliphatic heterocycles. The summed E-state index contributed by atoms with van der Waals surface area (Å²) in [4.78, 5) is 15.4. The summed E-state index contributed by atoms with van der Waals surface area (Å²) in [6, 6.07) is 0. The number of carbonyl (C=O) groups is 1. The van der Waals surface area contributed by atoms with Gasteiger partial charge >= 0.3 is 6.09 Å². The second kappa shape index (κ2) is 4.15. The molecule has 0 aliphatic carbocycles. The number of aromatic nitrogens is 1. The molecule has 0 atom stereocenters. The van der Waals surface area contributed by atoms with Crippen LogP contribution in [0.5, 0.6) is 0 Å². The van der Waals surface area contributed by atoms with Gasteiger partial charge in [-0.15, -0.1) is 0 Å². The van der Waals surface area contributed by atoms with Crippen molar-refractivity contribution in [2.45, 2.75) is 45.8 Å². The first-order valence-corrected chi connectivity index (χ1v) is 5.11. The topological polar surface area (TPSA) is 64.4 Å². The number of hydrogen-bond donors (Lipinski definition) is 1. The van der Waals surface area contributed by atoms with Crippen molar-refractivity contribution in [3.05, 3.63) is 18.4 Å². The number of hydrogen-bond acceptors (Lipinski definition) is 4. The summed E-state index contributed by atoms with van der Waals surface area (Å²) < 4.78 is 10.3. The van der Waals surface area contributed by atoms with E-state index in [-0.39, 0.29) is 0 Å². The van der Waals surface area contributed by atoms with Crippen molar-refractivity contribution < 1.29 is 13.9 Å². The predicted molar refractivity (Wildman–Crippen MR) is 58.9 cm³/mol. The Hall–Kier alpha value is -1.52. The van der Waals surface area contributed by atoms with Crippen molar-refractivity contribution >= 4 is 6.09 Å². The average Bonchev–Trinajstić information content (AvgIpc) is 2.49. The molecule has 1 N–H and O–H groups in total. The molecule has 1 rings (SSSR count). The van der Waals surface area contributed by atoms with Gasteiger partial charge < -0.3 is 14.5 Å². The molecule has 0 saturated carbocycles. The lowest BCUT2D eigenvalue weighted by Crippen LogP contribution is -2.43. The summed E-state index contributed by atoms with van der Waals surface area (Å²) in [6.45, 7) is 9.07. The zero-order valence-corrected chi connectivity index (χ0v) is 10.3. The normalized spacial score (nSPS) is 12.3. The van der Waals surface area contributed by atoms with Crippen LogP contribution in [0.2, 0.25) is 0 Å². The van der Waals surface area contributed by atoms with Crippen LogP contribution in [0.3, 0.4) is 0 Å². The zero-order valence-electron chi connectivity index (χ0n) is 10.3. The maximum atomic E-state index is 11.6. The maximum Gasteiger partial charge on any atom is 0.408 e. The van der Waals surface area contributed by atoms with Crippen LogP contribution in [0.25, 0.3) is 0 Å². The maximum absolute atomic E-state index is 11.6. The van der Waals surface area contributed by atoms with Crippen molar-refractivity contribution in [3.8, 4) is 0 Å². The smallest absolute Gasteiger partial charge is 0.408 e. The van der Waals surface area contributed by atoms with E-state index in [1.54, 1.807) is 6.20 Å². The first kappa shape index (κ1) is 12.5. The summed E-state index contributed by atoms with van der Waals surface area (Å²) in [7, 11) is 0. The van der Waals surface area contributed by atoms with E-state index in [0.717, 1.165) is 0 Å². The molecule has 0 aliphatic rings. The van der Waals surface area contributed by atoms with Gasteiger partial charge in [-0.05, 0) is 34.6 Å². The Morgan fingerprint density at radius 1 is 1.38 bits per heavy atom. The highest BCUT2D eigenvalue weighted by atomic mass is 16.6. The highest BCUT2D eigenvalue weighted by molar-refractivity contribution is 5.68. The van der Waals surface area contributed by atoms with Gasteiger partial charge in [0.05, 0.1) is 11.7 Å². The lowest BCUT2D eigenvalue weighted by molar-refractivity contribution is 0.0459. The summed E-state index contributed by atoms with van der Waals surface area (Å²) in [6.07, 6.45) is 2.42. The van der Waals surface area contributed by atoms with E-state index in [0.29, 0.717) is 5.76 Å². The number of nitrogens with one attached hydrogen (secondary N) is 1. The summed E-state index contributed by atoms with van der Waals surface area (Å²) in [5.74, 6) is 0.582. The molecule has 1 aromatic rings. The zero-order chi connectivity index (χ0) is 12.4. The molecule has 0 saturated heterocycles. The van der Waals surface area contributed by atoms with Gasteiger partial charge in [0.25, 0.3) is 0 Å². The fourth-order valence-electron chi connectivity index (χ4n) is 1.14. The SMILES string of the molecule is CC(C)(C)OC(=O)NC(C)(C)c1cnco1.